The molecule has 3 aromatic rings. The number of rotatable bonds is 8. The fourth-order valence-corrected chi connectivity index (χ4v) is 2.97. The molecule has 0 fully saturated rings. The van der Waals surface area contributed by atoms with E-state index in [0.29, 0.717) is 23.3 Å². The van der Waals surface area contributed by atoms with Crippen LogP contribution in [0.25, 0.3) is 11.0 Å². The van der Waals surface area contributed by atoms with Crippen molar-refractivity contribution in [3.63, 3.8) is 0 Å². The number of nitrogens with one attached hydrogen (secondary N) is 2. The van der Waals surface area contributed by atoms with Gasteiger partial charge in [0.2, 0.25) is 11.1 Å². The molecule has 2 N–H and O–H groups in total. The van der Waals surface area contributed by atoms with E-state index in [-0.39, 0.29) is 19.1 Å². The lowest BCUT2D eigenvalue weighted by molar-refractivity contribution is -0.126. The van der Waals surface area contributed by atoms with E-state index in [1.165, 1.54) is 11.8 Å². The third-order valence-corrected chi connectivity index (χ3v) is 4.48. The zero-order valence-electron chi connectivity index (χ0n) is 14.0. The van der Waals surface area contributed by atoms with E-state index in [9.17, 15) is 4.79 Å². The topological polar surface area (TPSA) is 111 Å². The fourth-order valence-electron chi connectivity index (χ4n) is 2.26. The molecular formula is C15H19N7O2S. The molecule has 0 unspecified atom stereocenters. The Kier molecular flexibility index (Phi) is 5.61. The van der Waals surface area contributed by atoms with Crippen LogP contribution in [0, 0.1) is 6.92 Å². The molecule has 0 aliphatic rings. The van der Waals surface area contributed by atoms with E-state index < -0.39 is 0 Å². The van der Waals surface area contributed by atoms with Gasteiger partial charge in [-0.15, -0.1) is 5.10 Å². The molecule has 0 spiro atoms. The van der Waals surface area contributed by atoms with Gasteiger partial charge in [0.25, 0.3) is 0 Å². The minimum atomic E-state index is -0.163. The standard InChI is InChI=1S/C15H19N7O2S/c1-10-4-3-5-11-14(10)18-12(17-11)8-24-9-13(23)16-6-7-25-15-19-20-21-22(15)2/h3-5H,6-9H2,1-2H3,(H,16,23)(H,17,18). The number of aromatic amines is 1. The average molecular weight is 361 g/mol. The molecule has 25 heavy (non-hydrogen) atoms. The lowest BCUT2D eigenvalue weighted by atomic mass is 10.2. The third kappa shape index (κ3) is 4.54. The molecule has 0 saturated heterocycles. The number of hydrogen-bond donors (Lipinski definition) is 2. The summed E-state index contributed by atoms with van der Waals surface area (Å²) in [6.45, 7) is 2.78. The lowest BCUT2D eigenvalue weighted by Crippen LogP contribution is -2.29. The number of nitrogens with zero attached hydrogens (tertiary/aromatic N) is 5. The predicted octanol–water partition coefficient (Wildman–Crippen LogP) is 0.820. The van der Waals surface area contributed by atoms with Gasteiger partial charge in [-0.1, -0.05) is 23.9 Å². The van der Waals surface area contributed by atoms with Gasteiger partial charge in [-0.25, -0.2) is 9.67 Å². The van der Waals surface area contributed by atoms with Crippen LogP contribution >= 0.6 is 11.8 Å². The summed E-state index contributed by atoms with van der Waals surface area (Å²) in [5.41, 5.74) is 3.01. The van der Waals surface area contributed by atoms with Gasteiger partial charge >= 0.3 is 0 Å². The second-order valence-corrected chi connectivity index (χ2v) is 6.49. The quantitative estimate of drug-likeness (QED) is 0.451. The second-order valence-electron chi connectivity index (χ2n) is 5.43. The number of aromatic nitrogens is 6. The van der Waals surface area contributed by atoms with E-state index in [4.69, 9.17) is 4.74 Å². The number of fused-ring (bicyclic) bond motifs is 1. The van der Waals surface area contributed by atoms with Gasteiger partial charge in [0, 0.05) is 19.3 Å². The summed E-state index contributed by atoms with van der Waals surface area (Å²) in [6.07, 6.45) is 0. The Morgan fingerprint density at radius 3 is 3.08 bits per heavy atom. The number of para-hydroxylation sites is 1. The molecule has 0 aliphatic carbocycles. The van der Waals surface area contributed by atoms with Crippen LogP contribution in [0.4, 0.5) is 0 Å². The first kappa shape index (κ1) is 17.4. The highest BCUT2D eigenvalue weighted by molar-refractivity contribution is 7.99. The summed E-state index contributed by atoms with van der Waals surface area (Å²) in [5, 5.41) is 14.7. The highest BCUT2D eigenvalue weighted by Crippen LogP contribution is 2.15. The Bertz CT molecular complexity index is 861. The van der Waals surface area contributed by atoms with Crippen molar-refractivity contribution in [1.29, 1.82) is 0 Å². The van der Waals surface area contributed by atoms with Crippen LogP contribution in [0.2, 0.25) is 0 Å². The van der Waals surface area contributed by atoms with Crippen LogP contribution in [0.5, 0.6) is 0 Å². The number of benzene rings is 1. The van der Waals surface area contributed by atoms with Crippen LogP contribution in [0.15, 0.2) is 23.4 Å². The molecule has 0 bridgehead atoms. The highest BCUT2D eigenvalue weighted by atomic mass is 32.2. The summed E-state index contributed by atoms with van der Waals surface area (Å²) >= 11 is 1.48. The number of hydrogen-bond acceptors (Lipinski definition) is 7. The minimum absolute atomic E-state index is 0.00773. The predicted molar refractivity (Wildman–Crippen MR) is 93.0 cm³/mol. The van der Waals surface area contributed by atoms with E-state index in [2.05, 4.69) is 30.8 Å². The molecule has 0 radical (unpaired) electrons. The molecule has 0 atom stereocenters. The number of aryl methyl sites for hydroxylation is 2. The first-order chi connectivity index (χ1) is 12.1. The van der Waals surface area contributed by atoms with Gasteiger partial charge in [-0.2, -0.15) is 0 Å². The van der Waals surface area contributed by atoms with Gasteiger partial charge in [-0.3, -0.25) is 4.79 Å². The van der Waals surface area contributed by atoms with Gasteiger partial charge in [-0.05, 0) is 29.0 Å². The Balaban J connectivity index is 1.36. The summed E-state index contributed by atoms with van der Waals surface area (Å²) in [7, 11) is 1.77. The molecule has 1 aromatic carbocycles. The highest BCUT2D eigenvalue weighted by Gasteiger charge is 2.07. The van der Waals surface area contributed by atoms with Crippen LogP contribution < -0.4 is 5.32 Å². The summed E-state index contributed by atoms with van der Waals surface area (Å²) in [4.78, 5) is 19.4. The normalized spacial score (nSPS) is 11.1. The zero-order chi connectivity index (χ0) is 17.6. The number of imidazole rings is 1. The van der Waals surface area contributed by atoms with E-state index >= 15 is 0 Å². The van der Waals surface area contributed by atoms with Gasteiger partial charge in [0.1, 0.15) is 19.0 Å². The molecule has 2 heterocycles. The number of carbonyl (C=O) groups is 1. The number of carbonyl (C=O) groups excluding carboxylic acids is 1. The van der Waals surface area contributed by atoms with Crippen molar-refractivity contribution >= 4 is 28.7 Å². The molecule has 2 aromatic heterocycles. The van der Waals surface area contributed by atoms with Crippen LogP contribution in [-0.2, 0) is 23.2 Å². The van der Waals surface area contributed by atoms with Crippen molar-refractivity contribution in [1.82, 2.24) is 35.5 Å². The van der Waals surface area contributed by atoms with Gasteiger partial charge in [0.05, 0.1) is 11.0 Å². The lowest BCUT2D eigenvalue weighted by Gasteiger charge is -2.05. The summed E-state index contributed by atoms with van der Waals surface area (Å²) in [6, 6.07) is 5.95. The Morgan fingerprint density at radius 2 is 2.32 bits per heavy atom. The molecule has 0 aliphatic heterocycles. The number of thioether (sulfide) groups is 1. The number of tetrazole rings is 1. The zero-order valence-corrected chi connectivity index (χ0v) is 14.8. The maximum atomic E-state index is 11.8. The van der Waals surface area contributed by atoms with Crippen molar-refractivity contribution in [2.45, 2.75) is 18.7 Å². The minimum Gasteiger partial charge on any atom is -0.364 e. The fraction of sp³-hybridized carbons (Fsp3) is 0.400. The molecule has 10 heteroatoms. The average Bonchev–Trinajstić information content (AvgIpc) is 3.18. The third-order valence-electron chi connectivity index (χ3n) is 3.47. The van der Waals surface area contributed by atoms with Crippen molar-refractivity contribution in [2.24, 2.45) is 7.05 Å². The van der Waals surface area contributed by atoms with E-state index in [1.807, 2.05) is 25.1 Å². The maximum absolute atomic E-state index is 11.8. The Labute approximate surface area is 148 Å². The first-order valence-electron chi connectivity index (χ1n) is 7.77. The molecule has 3 rings (SSSR count). The Morgan fingerprint density at radius 1 is 1.44 bits per heavy atom. The van der Waals surface area contributed by atoms with Crippen molar-refractivity contribution < 1.29 is 9.53 Å². The monoisotopic (exact) mass is 361 g/mol. The van der Waals surface area contributed by atoms with Gasteiger partial charge in [0.15, 0.2) is 0 Å². The van der Waals surface area contributed by atoms with Crippen LogP contribution in [-0.4, -0.2) is 55.0 Å². The number of ether oxygens (including phenoxy) is 1. The van der Waals surface area contributed by atoms with Crippen molar-refractivity contribution in [3.05, 3.63) is 29.6 Å². The smallest absolute Gasteiger partial charge is 0.246 e. The summed E-state index contributed by atoms with van der Waals surface area (Å²) in [5.74, 6) is 1.23. The molecule has 132 valence electrons. The molecule has 0 saturated carbocycles. The van der Waals surface area contributed by atoms with E-state index in [0.717, 1.165) is 16.6 Å². The summed E-state index contributed by atoms with van der Waals surface area (Å²) < 4.78 is 7.01. The molecule has 1 amide bonds. The largest absolute Gasteiger partial charge is 0.364 e. The van der Waals surface area contributed by atoms with Crippen molar-refractivity contribution in [3.8, 4) is 0 Å². The number of H-pyrrole nitrogens is 1. The maximum Gasteiger partial charge on any atom is 0.246 e. The first-order valence-corrected chi connectivity index (χ1v) is 8.76. The second kappa shape index (κ2) is 8.08. The SMILES string of the molecule is Cc1cccc2[nH]c(COCC(=O)NCCSc3nnnn3C)nc12. The van der Waals surface area contributed by atoms with Crippen LogP contribution in [0.1, 0.15) is 11.4 Å². The van der Waals surface area contributed by atoms with E-state index in [1.54, 1.807) is 11.7 Å². The Hall–Kier alpha value is -2.46. The number of amides is 1. The van der Waals surface area contributed by atoms with Gasteiger partial charge < -0.3 is 15.0 Å². The van der Waals surface area contributed by atoms with Crippen molar-refractivity contribution in [2.75, 3.05) is 18.9 Å². The molecule has 9 nitrogen and oxygen atoms in total. The molecular weight excluding hydrogens is 342 g/mol. The van der Waals surface area contributed by atoms with Crippen LogP contribution in [0.3, 0.4) is 0 Å².